The summed E-state index contributed by atoms with van der Waals surface area (Å²) in [5.74, 6) is 0.525. The molecule has 1 saturated heterocycles. The van der Waals surface area contributed by atoms with Gasteiger partial charge in [0, 0.05) is 26.2 Å². The van der Waals surface area contributed by atoms with Gasteiger partial charge in [-0.1, -0.05) is 0 Å². The van der Waals surface area contributed by atoms with Crippen molar-refractivity contribution in [2.45, 2.75) is 6.61 Å². The Hall–Kier alpha value is -0.920. The van der Waals surface area contributed by atoms with Gasteiger partial charge in [-0.25, -0.2) is 9.97 Å². The highest BCUT2D eigenvalue weighted by Crippen LogP contribution is 2.14. The summed E-state index contributed by atoms with van der Waals surface area (Å²) >= 11 is 0. The van der Waals surface area contributed by atoms with Crippen LogP contribution in [0.25, 0.3) is 0 Å². The van der Waals surface area contributed by atoms with Gasteiger partial charge in [0.15, 0.2) is 5.75 Å². The van der Waals surface area contributed by atoms with E-state index in [0.29, 0.717) is 5.95 Å². The molecule has 5 nitrogen and oxygen atoms in total. The van der Waals surface area contributed by atoms with E-state index >= 15 is 0 Å². The van der Waals surface area contributed by atoms with Crippen molar-refractivity contribution in [3.8, 4) is 5.75 Å². The van der Waals surface area contributed by atoms with Gasteiger partial charge in [0.2, 0.25) is 5.95 Å². The number of nitrogens with zero attached hydrogens (tertiary/aromatic N) is 3. The fraction of sp³-hybridized carbons (Fsp3) is 0.556. The van der Waals surface area contributed by atoms with Crippen molar-refractivity contribution >= 4 is 30.8 Å². The van der Waals surface area contributed by atoms with Gasteiger partial charge in [0.1, 0.15) is 0 Å². The van der Waals surface area contributed by atoms with E-state index in [9.17, 15) is 8.78 Å². The molecular weight excluding hydrogens is 289 g/mol. The van der Waals surface area contributed by atoms with Gasteiger partial charge < -0.3 is 15.0 Å². The first-order chi connectivity index (χ1) is 7.75. The fourth-order valence-corrected chi connectivity index (χ4v) is 1.50. The van der Waals surface area contributed by atoms with Crippen LogP contribution >= 0.6 is 24.8 Å². The summed E-state index contributed by atoms with van der Waals surface area (Å²) in [4.78, 5) is 9.96. The van der Waals surface area contributed by atoms with Crippen LogP contribution in [0.1, 0.15) is 0 Å². The van der Waals surface area contributed by atoms with Crippen LogP contribution in [-0.2, 0) is 0 Å². The molecule has 0 aliphatic carbocycles. The molecule has 104 valence electrons. The van der Waals surface area contributed by atoms with Crippen molar-refractivity contribution in [2.75, 3.05) is 31.1 Å². The lowest BCUT2D eigenvalue weighted by Crippen LogP contribution is -2.44. The van der Waals surface area contributed by atoms with E-state index in [4.69, 9.17) is 0 Å². The number of hydrogen-bond donors (Lipinski definition) is 1. The average molecular weight is 303 g/mol. The molecule has 1 aromatic rings. The van der Waals surface area contributed by atoms with E-state index in [0.717, 1.165) is 26.2 Å². The minimum Gasteiger partial charge on any atom is -0.432 e. The Morgan fingerprint density at radius 2 is 1.72 bits per heavy atom. The second-order valence-electron chi connectivity index (χ2n) is 3.33. The summed E-state index contributed by atoms with van der Waals surface area (Å²) in [6.07, 6.45) is 2.52. The smallest absolute Gasteiger partial charge is 0.387 e. The Morgan fingerprint density at radius 1 is 1.17 bits per heavy atom. The molecule has 1 aromatic heterocycles. The molecule has 9 heteroatoms. The molecule has 1 aliphatic rings. The summed E-state index contributed by atoms with van der Waals surface area (Å²) in [7, 11) is 0. The first-order valence-corrected chi connectivity index (χ1v) is 4.98. The molecule has 2 heterocycles. The lowest BCUT2D eigenvalue weighted by atomic mass is 10.4. The molecule has 2 rings (SSSR count). The second-order valence-corrected chi connectivity index (χ2v) is 3.33. The number of aromatic nitrogens is 2. The van der Waals surface area contributed by atoms with E-state index in [1.165, 1.54) is 12.4 Å². The standard InChI is InChI=1S/C9H12F2N4O.2ClH/c10-8(11)16-7-5-13-9(14-6-7)15-3-1-12-2-4-15;;/h5-6,8,12H,1-4H2;2*1H. The van der Waals surface area contributed by atoms with E-state index in [1.807, 2.05) is 4.90 Å². The Balaban J connectivity index is 0.00000144. The van der Waals surface area contributed by atoms with Crippen LogP contribution in [0.3, 0.4) is 0 Å². The molecule has 0 saturated carbocycles. The maximum Gasteiger partial charge on any atom is 0.387 e. The van der Waals surface area contributed by atoms with Crippen LogP contribution in [0, 0.1) is 0 Å². The summed E-state index contributed by atoms with van der Waals surface area (Å²) in [6, 6.07) is 0. The van der Waals surface area contributed by atoms with Gasteiger partial charge in [-0.15, -0.1) is 24.8 Å². The maximum absolute atomic E-state index is 11.9. The van der Waals surface area contributed by atoms with Crippen molar-refractivity contribution < 1.29 is 13.5 Å². The van der Waals surface area contributed by atoms with E-state index in [2.05, 4.69) is 20.0 Å². The van der Waals surface area contributed by atoms with Crippen LogP contribution in [0.4, 0.5) is 14.7 Å². The maximum atomic E-state index is 11.9. The molecule has 1 aliphatic heterocycles. The third kappa shape index (κ3) is 4.75. The molecule has 0 amide bonds. The van der Waals surface area contributed by atoms with E-state index in [1.54, 1.807) is 0 Å². The zero-order valence-electron chi connectivity index (χ0n) is 9.38. The first kappa shape index (κ1) is 17.1. The molecule has 0 unspecified atom stereocenters. The number of anilines is 1. The molecule has 0 atom stereocenters. The van der Waals surface area contributed by atoms with Crippen LogP contribution in [0.15, 0.2) is 12.4 Å². The second kappa shape index (κ2) is 8.23. The van der Waals surface area contributed by atoms with Gasteiger partial charge in [-0.3, -0.25) is 0 Å². The van der Waals surface area contributed by atoms with Crippen molar-refractivity contribution in [1.82, 2.24) is 15.3 Å². The normalized spacial score (nSPS) is 14.7. The summed E-state index contributed by atoms with van der Waals surface area (Å²) in [6.45, 7) is 0.537. The topological polar surface area (TPSA) is 50.3 Å². The molecule has 0 spiro atoms. The predicted molar refractivity (Wildman–Crippen MR) is 68.2 cm³/mol. The SMILES string of the molecule is Cl.Cl.FC(F)Oc1cnc(N2CCNCC2)nc1. The third-order valence-electron chi connectivity index (χ3n) is 2.24. The molecule has 0 radical (unpaired) electrons. The van der Waals surface area contributed by atoms with E-state index in [-0.39, 0.29) is 30.6 Å². The quantitative estimate of drug-likeness (QED) is 0.913. The van der Waals surface area contributed by atoms with Gasteiger partial charge in [0.25, 0.3) is 0 Å². The summed E-state index contributed by atoms with van der Waals surface area (Å²) in [5, 5.41) is 3.20. The minimum absolute atomic E-state index is 0. The molecule has 0 bridgehead atoms. The number of hydrogen-bond acceptors (Lipinski definition) is 5. The van der Waals surface area contributed by atoms with Crippen LogP contribution in [0.2, 0.25) is 0 Å². The lowest BCUT2D eigenvalue weighted by Gasteiger charge is -2.27. The van der Waals surface area contributed by atoms with Gasteiger partial charge in [-0.2, -0.15) is 8.78 Å². The van der Waals surface area contributed by atoms with Crippen LogP contribution in [-0.4, -0.2) is 42.8 Å². The predicted octanol–water partition coefficient (Wildman–Crippen LogP) is 1.33. The van der Waals surface area contributed by atoms with Crippen LogP contribution in [0.5, 0.6) is 5.75 Å². The highest BCUT2D eigenvalue weighted by Gasteiger charge is 2.13. The van der Waals surface area contributed by atoms with Crippen LogP contribution < -0.4 is 15.0 Å². The Bertz CT molecular complexity index is 336. The number of ether oxygens (including phenoxy) is 1. The van der Waals surface area contributed by atoms with Gasteiger partial charge in [-0.05, 0) is 0 Å². The Labute approximate surface area is 116 Å². The summed E-state index contributed by atoms with van der Waals surface area (Å²) < 4.78 is 27.9. The van der Waals surface area contributed by atoms with Gasteiger partial charge >= 0.3 is 6.61 Å². The number of halogens is 4. The Morgan fingerprint density at radius 3 is 2.22 bits per heavy atom. The molecule has 1 N–H and O–H groups in total. The largest absolute Gasteiger partial charge is 0.432 e. The van der Waals surface area contributed by atoms with E-state index < -0.39 is 6.61 Å². The van der Waals surface area contributed by atoms with Gasteiger partial charge in [0.05, 0.1) is 12.4 Å². The summed E-state index contributed by atoms with van der Waals surface area (Å²) in [5.41, 5.74) is 0. The van der Waals surface area contributed by atoms with Crippen molar-refractivity contribution in [3.63, 3.8) is 0 Å². The molecular formula is C9H14Cl2F2N4O. The Kier molecular flexibility index (Phi) is 7.81. The number of alkyl halides is 2. The molecule has 18 heavy (non-hydrogen) atoms. The average Bonchev–Trinajstić information content (AvgIpc) is 2.30. The number of rotatable bonds is 3. The van der Waals surface area contributed by atoms with Crippen molar-refractivity contribution in [1.29, 1.82) is 0 Å². The zero-order valence-corrected chi connectivity index (χ0v) is 11.0. The van der Waals surface area contributed by atoms with Crippen molar-refractivity contribution in [3.05, 3.63) is 12.4 Å². The van der Waals surface area contributed by atoms with Crippen molar-refractivity contribution in [2.24, 2.45) is 0 Å². The number of nitrogens with one attached hydrogen (secondary N) is 1. The molecule has 1 fully saturated rings. The zero-order chi connectivity index (χ0) is 11.4. The minimum atomic E-state index is -2.84. The molecule has 0 aromatic carbocycles. The monoisotopic (exact) mass is 302 g/mol. The first-order valence-electron chi connectivity index (χ1n) is 4.98. The lowest BCUT2D eigenvalue weighted by molar-refractivity contribution is -0.0503. The number of piperazine rings is 1. The highest BCUT2D eigenvalue weighted by molar-refractivity contribution is 5.85. The fourth-order valence-electron chi connectivity index (χ4n) is 1.50. The third-order valence-corrected chi connectivity index (χ3v) is 2.24. The highest BCUT2D eigenvalue weighted by atomic mass is 35.5.